The zero-order valence-electron chi connectivity index (χ0n) is 26.2. The molecule has 1 aromatic carbocycles. The molecule has 2 fully saturated rings. The molecule has 0 saturated carbocycles. The van der Waals surface area contributed by atoms with Crippen LogP contribution in [-0.2, 0) is 19.1 Å². The first-order valence-electron chi connectivity index (χ1n) is 15.9. The van der Waals surface area contributed by atoms with E-state index in [1.807, 2.05) is 30.3 Å². The summed E-state index contributed by atoms with van der Waals surface area (Å²) in [5.74, 6) is -2.64. The van der Waals surface area contributed by atoms with Gasteiger partial charge in [0.1, 0.15) is 11.7 Å². The second kappa shape index (κ2) is 17.2. The summed E-state index contributed by atoms with van der Waals surface area (Å²) in [6.45, 7) is 4.43. The highest BCUT2D eigenvalue weighted by molar-refractivity contribution is 6.01. The number of carbonyl (C=O) groups excluding carboxylic acids is 4. The lowest BCUT2D eigenvalue weighted by Crippen LogP contribution is -2.56. The molecular formula is C33H43N5O8. The summed E-state index contributed by atoms with van der Waals surface area (Å²) in [6, 6.07) is 10.9. The van der Waals surface area contributed by atoms with Crippen LogP contribution in [0.2, 0.25) is 0 Å². The van der Waals surface area contributed by atoms with Crippen molar-refractivity contribution >= 4 is 29.8 Å². The Kier molecular flexibility index (Phi) is 12.9. The molecule has 4 amide bonds. The van der Waals surface area contributed by atoms with Gasteiger partial charge in [0.15, 0.2) is 0 Å². The molecule has 2 aromatic rings. The van der Waals surface area contributed by atoms with Gasteiger partial charge in [-0.25, -0.2) is 9.78 Å². The molecule has 2 aliphatic rings. The number of unbranched alkanes of at least 4 members (excludes halogenated alkanes) is 2. The number of aromatic nitrogens is 1. The fourth-order valence-corrected chi connectivity index (χ4v) is 5.34. The maximum Gasteiger partial charge on any atom is 0.409 e. The van der Waals surface area contributed by atoms with Crippen LogP contribution in [0.3, 0.4) is 0 Å². The van der Waals surface area contributed by atoms with Crippen LogP contribution in [0.25, 0.3) is 11.3 Å². The fraction of sp³-hybridized carbons (Fsp3) is 0.515. The van der Waals surface area contributed by atoms with Crippen LogP contribution >= 0.6 is 0 Å². The Labute approximate surface area is 268 Å². The van der Waals surface area contributed by atoms with E-state index >= 15 is 0 Å². The minimum absolute atomic E-state index is 0.0618. The molecule has 2 aliphatic heterocycles. The molecule has 4 rings (SSSR count). The summed E-state index contributed by atoms with van der Waals surface area (Å²) in [5.41, 5.74) is 1.24. The van der Waals surface area contributed by atoms with Crippen LogP contribution < -0.4 is 10.6 Å². The van der Waals surface area contributed by atoms with E-state index in [0.29, 0.717) is 43.9 Å². The van der Waals surface area contributed by atoms with Gasteiger partial charge in [-0.1, -0.05) is 50.1 Å². The van der Waals surface area contributed by atoms with Gasteiger partial charge in [0.2, 0.25) is 5.91 Å². The lowest BCUT2D eigenvalue weighted by atomic mass is 10.0. The van der Waals surface area contributed by atoms with Crippen molar-refractivity contribution in [1.82, 2.24) is 25.4 Å². The molecular weight excluding hydrogens is 594 g/mol. The number of carboxylic acids is 1. The highest BCUT2D eigenvalue weighted by Crippen LogP contribution is 2.20. The van der Waals surface area contributed by atoms with Crippen molar-refractivity contribution < 1.29 is 38.6 Å². The van der Waals surface area contributed by atoms with E-state index in [4.69, 9.17) is 9.47 Å². The van der Waals surface area contributed by atoms with Gasteiger partial charge in [-0.3, -0.25) is 19.2 Å². The number of benzene rings is 1. The number of rotatable bonds is 13. The summed E-state index contributed by atoms with van der Waals surface area (Å²) >= 11 is 0. The molecule has 248 valence electrons. The standard InChI is InChI=1S/C33H43N5O8/c1-2-3-7-18-46-33(44)38-16-14-37(15-17-38)32(43)26(10-11-29(39)40)36-31(42)28-22-24(30(41)34-25-12-19-45-20-13-25)21-27(35-28)23-8-5-4-6-9-23/h4-6,8-9,21-22,25-26H,2-3,7,10-20H2,1H3,(H,34,41)(H,36,42)(H,39,40)/t26-/m0/s1. The highest BCUT2D eigenvalue weighted by Gasteiger charge is 2.31. The number of ether oxygens (including phenoxy) is 2. The largest absolute Gasteiger partial charge is 0.481 e. The molecule has 3 heterocycles. The Morgan fingerprint density at radius 3 is 2.35 bits per heavy atom. The number of aliphatic carboxylic acids is 1. The van der Waals surface area contributed by atoms with E-state index < -0.39 is 29.9 Å². The van der Waals surface area contributed by atoms with Crippen LogP contribution in [0.5, 0.6) is 0 Å². The summed E-state index contributed by atoms with van der Waals surface area (Å²) < 4.78 is 10.7. The second-order valence-corrected chi connectivity index (χ2v) is 11.4. The molecule has 1 aromatic heterocycles. The van der Waals surface area contributed by atoms with Crippen molar-refractivity contribution in [2.24, 2.45) is 0 Å². The van der Waals surface area contributed by atoms with Gasteiger partial charge in [0.05, 0.1) is 12.3 Å². The average Bonchev–Trinajstić information content (AvgIpc) is 3.08. The van der Waals surface area contributed by atoms with Gasteiger partial charge in [0, 0.05) is 63.0 Å². The maximum atomic E-state index is 13.6. The number of hydrogen-bond acceptors (Lipinski definition) is 8. The molecule has 0 spiro atoms. The topological polar surface area (TPSA) is 167 Å². The van der Waals surface area contributed by atoms with Crippen molar-refractivity contribution in [1.29, 1.82) is 0 Å². The van der Waals surface area contributed by atoms with Crippen LogP contribution in [-0.4, -0.2) is 108 Å². The van der Waals surface area contributed by atoms with Crippen molar-refractivity contribution in [2.45, 2.75) is 64.0 Å². The first-order chi connectivity index (χ1) is 22.2. The van der Waals surface area contributed by atoms with E-state index in [1.165, 1.54) is 15.9 Å². The van der Waals surface area contributed by atoms with Gasteiger partial charge >= 0.3 is 12.1 Å². The second-order valence-electron chi connectivity index (χ2n) is 11.4. The lowest BCUT2D eigenvalue weighted by Gasteiger charge is -2.36. The predicted octanol–water partition coefficient (Wildman–Crippen LogP) is 3.09. The number of carbonyl (C=O) groups is 5. The first kappa shape index (κ1) is 34.4. The molecule has 46 heavy (non-hydrogen) atoms. The number of hydrogen-bond donors (Lipinski definition) is 3. The van der Waals surface area contributed by atoms with Gasteiger partial charge in [-0.15, -0.1) is 0 Å². The predicted molar refractivity (Wildman–Crippen MR) is 168 cm³/mol. The van der Waals surface area contributed by atoms with E-state index in [9.17, 15) is 29.1 Å². The third kappa shape index (κ3) is 9.99. The molecule has 3 N–H and O–H groups in total. The lowest BCUT2D eigenvalue weighted by molar-refractivity contribution is -0.138. The van der Waals surface area contributed by atoms with Gasteiger partial charge in [0.25, 0.3) is 11.8 Å². The third-order valence-corrected chi connectivity index (χ3v) is 8.02. The fourth-order valence-electron chi connectivity index (χ4n) is 5.34. The zero-order chi connectivity index (χ0) is 32.9. The summed E-state index contributed by atoms with van der Waals surface area (Å²) in [4.78, 5) is 71.8. The minimum Gasteiger partial charge on any atom is -0.481 e. The van der Waals surface area contributed by atoms with E-state index in [1.54, 1.807) is 6.07 Å². The monoisotopic (exact) mass is 637 g/mol. The minimum atomic E-state index is -1.15. The third-order valence-electron chi connectivity index (χ3n) is 8.02. The maximum absolute atomic E-state index is 13.6. The summed E-state index contributed by atoms with van der Waals surface area (Å²) in [7, 11) is 0. The van der Waals surface area contributed by atoms with Gasteiger partial charge in [-0.05, 0) is 37.8 Å². The summed E-state index contributed by atoms with van der Waals surface area (Å²) in [5, 5.41) is 15.0. The van der Waals surface area contributed by atoms with E-state index in [2.05, 4.69) is 22.5 Å². The van der Waals surface area contributed by atoms with E-state index in [0.717, 1.165) is 19.3 Å². The Morgan fingerprint density at radius 2 is 1.67 bits per heavy atom. The van der Waals surface area contributed by atoms with Crippen LogP contribution in [0, 0.1) is 0 Å². The number of carboxylic acid groups (broad SMARTS) is 1. The molecule has 0 unspecified atom stereocenters. The van der Waals surface area contributed by atoms with Crippen molar-refractivity contribution in [2.75, 3.05) is 46.0 Å². The van der Waals surface area contributed by atoms with Gasteiger partial charge < -0.3 is 35.0 Å². The van der Waals surface area contributed by atoms with Crippen LogP contribution in [0.15, 0.2) is 42.5 Å². The molecule has 13 nitrogen and oxygen atoms in total. The Bertz CT molecular complexity index is 1360. The number of nitrogens with one attached hydrogen (secondary N) is 2. The normalized spacial score (nSPS) is 15.9. The molecule has 0 bridgehead atoms. The number of amides is 4. The number of nitrogens with zero attached hydrogens (tertiary/aromatic N) is 3. The molecule has 0 radical (unpaired) electrons. The Morgan fingerprint density at radius 1 is 0.978 bits per heavy atom. The molecule has 1 atom stereocenters. The van der Waals surface area contributed by atoms with Crippen molar-refractivity contribution in [3.05, 3.63) is 53.7 Å². The SMILES string of the molecule is CCCCCOC(=O)N1CCN(C(=O)[C@H](CCC(=O)O)NC(=O)c2cc(C(=O)NC3CCOCC3)cc(-c3ccccc3)n2)CC1. The average molecular weight is 638 g/mol. The first-order valence-corrected chi connectivity index (χ1v) is 15.9. The number of piperazine rings is 1. The van der Waals surface area contributed by atoms with Crippen LogP contribution in [0.4, 0.5) is 4.79 Å². The van der Waals surface area contributed by atoms with Crippen LogP contribution in [0.1, 0.15) is 72.7 Å². The highest BCUT2D eigenvalue weighted by atomic mass is 16.6. The molecule has 0 aliphatic carbocycles. The quantitative estimate of drug-likeness (QED) is 0.280. The smallest absolute Gasteiger partial charge is 0.409 e. The zero-order valence-corrected chi connectivity index (χ0v) is 26.2. The Hall–Kier alpha value is -4.52. The van der Waals surface area contributed by atoms with Gasteiger partial charge in [-0.2, -0.15) is 0 Å². The summed E-state index contributed by atoms with van der Waals surface area (Å²) in [6.07, 6.45) is 3.20. The Balaban J connectivity index is 1.48. The van der Waals surface area contributed by atoms with E-state index in [-0.39, 0.29) is 62.2 Å². The van der Waals surface area contributed by atoms with Crippen molar-refractivity contribution in [3.63, 3.8) is 0 Å². The molecule has 13 heteroatoms. The number of pyridine rings is 1. The molecule has 2 saturated heterocycles. The van der Waals surface area contributed by atoms with Crippen molar-refractivity contribution in [3.8, 4) is 11.3 Å².